The fourth-order valence-electron chi connectivity index (χ4n) is 7.79. The number of aliphatic imine (C=N–C) groups is 3. The molecule has 0 aliphatic rings. The van der Waals surface area contributed by atoms with Crippen molar-refractivity contribution in [3.8, 4) is 33.4 Å². The molecule has 0 aliphatic heterocycles. The Hall–Kier alpha value is -7.30. The molecular weight excluding hydrogens is 765 g/mol. The first-order valence-electron chi connectivity index (χ1n) is 22.1. The van der Waals surface area contributed by atoms with Crippen molar-refractivity contribution >= 4 is 52.2 Å². The van der Waals surface area contributed by atoms with E-state index >= 15 is 0 Å². The molecule has 1 aromatic heterocycles. The molecule has 0 amide bonds. The summed E-state index contributed by atoms with van der Waals surface area (Å²) < 4.78 is 0. The zero-order valence-electron chi connectivity index (χ0n) is 38.0. The molecule has 0 N–H and O–H groups in total. The van der Waals surface area contributed by atoms with Gasteiger partial charge in [-0.15, -0.1) is 0 Å². The van der Waals surface area contributed by atoms with Gasteiger partial charge in [0.2, 0.25) is 0 Å². The first-order chi connectivity index (χ1) is 30.9. The number of benzene rings is 7. The maximum Gasteiger partial charge on any atom is 0.161 e. The maximum atomic E-state index is 5.17. The molecule has 0 fully saturated rings. The van der Waals surface area contributed by atoms with Gasteiger partial charge >= 0.3 is 0 Å². The number of rotatable bonds is 9. The molecule has 0 saturated carbocycles. The van der Waals surface area contributed by atoms with Crippen molar-refractivity contribution in [3.63, 3.8) is 0 Å². The summed E-state index contributed by atoms with van der Waals surface area (Å²) in [6.07, 6.45) is 10.6. The van der Waals surface area contributed by atoms with E-state index in [0.717, 1.165) is 61.0 Å². The van der Waals surface area contributed by atoms with E-state index in [-0.39, 0.29) is 0 Å². The van der Waals surface area contributed by atoms with Gasteiger partial charge < -0.3 is 0 Å². The summed E-state index contributed by atoms with van der Waals surface area (Å²) in [5.74, 6) is 1.09. The van der Waals surface area contributed by atoms with E-state index in [2.05, 4.69) is 166 Å². The molecule has 0 atom stereocenters. The van der Waals surface area contributed by atoms with Gasteiger partial charge in [0.25, 0.3) is 0 Å². The van der Waals surface area contributed by atoms with Crippen molar-refractivity contribution < 1.29 is 0 Å². The lowest BCUT2D eigenvalue weighted by Crippen LogP contribution is -2.06. The Bertz CT molecular complexity index is 2950. The van der Waals surface area contributed by atoms with Crippen molar-refractivity contribution in [1.29, 1.82) is 0 Å². The van der Waals surface area contributed by atoms with Crippen molar-refractivity contribution in [1.82, 2.24) is 4.98 Å². The Balaban J connectivity index is 0.00000161. The lowest BCUT2D eigenvalue weighted by molar-refractivity contribution is 1.06. The second-order valence-corrected chi connectivity index (χ2v) is 14.7. The molecule has 0 saturated heterocycles. The summed E-state index contributed by atoms with van der Waals surface area (Å²) in [7, 11) is 0. The van der Waals surface area contributed by atoms with Gasteiger partial charge in [0, 0.05) is 22.7 Å². The Kier molecular flexibility index (Phi) is 15.8. The van der Waals surface area contributed by atoms with Gasteiger partial charge in [-0.25, -0.2) is 9.98 Å². The second kappa shape index (κ2) is 22.0. The Morgan fingerprint density at radius 1 is 0.524 bits per heavy atom. The summed E-state index contributed by atoms with van der Waals surface area (Å²) in [4.78, 5) is 19.4. The van der Waals surface area contributed by atoms with Crippen LogP contribution in [0, 0.1) is 13.8 Å². The number of fused-ring (bicyclic) bond motifs is 2. The highest BCUT2D eigenvalue weighted by atomic mass is 15.0. The van der Waals surface area contributed by atoms with Gasteiger partial charge in [-0.2, -0.15) is 0 Å². The SMILES string of the molecule is C=NC(=NC(=NCc1ccccc1)c1ccccc1)c1cc(-c2cccc(-c3ccc4cccnc4c3)c2)cc(-c2ccc3c(/C=C\C)c(C)c(C)c(/C=C\C)c3c2)c1.CC.CC. The average molecular weight is 823 g/mol. The lowest BCUT2D eigenvalue weighted by atomic mass is 9.87. The largest absolute Gasteiger partial charge is 0.261 e. The van der Waals surface area contributed by atoms with Crippen LogP contribution >= 0.6 is 0 Å². The molecule has 0 aliphatic carbocycles. The van der Waals surface area contributed by atoms with Crippen molar-refractivity contribution in [2.75, 3.05) is 0 Å². The number of nitrogens with zero attached hydrogens (tertiary/aromatic N) is 4. The summed E-state index contributed by atoms with van der Waals surface area (Å²) in [5, 5.41) is 3.56. The van der Waals surface area contributed by atoms with E-state index in [1.807, 2.05) is 88.5 Å². The molecule has 4 heteroatoms. The van der Waals surface area contributed by atoms with Gasteiger partial charge in [0.15, 0.2) is 11.7 Å². The molecule has 4 nitrogen and oxygen atoms in total. The molecule has 0 radical (unpaired) electrons. The van der Waals surface area contributed by atoms with E-state index in [1.54, 1.807) is 0 Å². The molecule has 8 rings (SSSR count). The average Bonchev–Trinajstić information content (AvgIpc) is 3.35. The summed E-state index contributed by atoms with van der Waals surface area (Å²) in [5.41, 5.74) is 15.4. The van der Waals surface area contributed by atoms with E-state index in [9.17, 15) is 0 Å². The smallest absolute Gasteiger partial charge is 0.161 e. The summed E-state index contributed by atoms with van der Waals surface area (Å²) >= 11 is 0. The Labute approximate surface area is 374 Å². The molecule has 63 heavy (non-hydrogen) atoms. The monoisotopic (exact) mass is 822 g/mol. The maximum absolute atomic E-state index is 5.17. The van der Waals surface area contributed by atoms with Crippen LogP contribution in [-0.2, 0) is 6.54 Å². The van der Waals surface area contributed by atoms with Gasteiger partial charge in [0.05, 0.1) is 12.1 Å². The van der Waals surface area contributed by atoms with Gasteiger partial charge in [0.1, 0.15) is 0 Å². The molecule has 7 aromatic carbocycles. The number of pyridine rings is 1. The second-order valence-electron chi connectivity index (χ2n) is 14.7. The van der Waals surface area contributed by atoms with E-state index in [4.69, 9.17) is 9.98 Å². The fraction of sp³-hybridized carbons (Fsp3) is 0.153. The van der Waals surface area contributed by atoms with E-state index < -0.39 is 0 Å². The minimum atomic E-state index is 0.487. The predicted molar refractivity (Wildman–Crippen MR) is 276 cm³/mol. The number of amidine groups is 2. The number of allylic oxidation sites excluding steroid dienone is 2. The quantitative estimate of drug-likeness (QED) is 0.106. The standard InChI is InChI=1S/C55H46N4.2C2H6/c1-6-16-49-37(3)38(4)50(17-7-2)52-34-44(27-28-51(49)52)47-31-46(43-23-14-22-42(30-43)45-26-25-40-24-15-29-57-53(40)35-45)32-48(33-47)54(56-5)59-55(41-20-12-9-13-21-41)58-36-39-18-10-8-11-19-39;2*1-2/h6-35H,5,36H2,1-4H3;2*1-2H3/b16-6-,17-7-,58-55?,59-54?;;. The number of aromatic nitrogens is 1. The van der Waals surface area contributed by atoms with Crippen LogP contribution in [-0.4, -0.2) is 23.4 Å². The first kappa shape index (κ1) is 45.2. The Morgan fingerprint density at radius 2 is 1.10 bits per heavy atom. The van der Waals surface area contributed by atoms with Crippen molar-refractivity contribution in [3.05, 3.63) is 209 Å². The molecule has 0 unspecified atom stereocenters. The van der Waals surface area contributed by atoms with Crippen LogP contribution in [0.15, 0.2) is 185 Å². The lowest BCUT2D eigenvalue weighted by Gasteiger charge is -2.17. The van der Waals surface area contributed by atoms with Gasteiger partial charge in [-0.1, -0.05) is 161 Å². The van der Waals surface area contributed by atoms with Crippen molar-refractivity contribution in [2.45, 2.75) is 61.9 Å². The first-order valence-corrected chi connectivity index (χ1v) is 22.1. The fourth-order valence-corrected chi connectivity index (χ4v) is 7.79. The highest BCUT2D eigenvalue weighted by molar-refractivity contribution is 6.13. The number of hydrogen-bond donors (Lipinski definition) is 0. The van der Waals surface area contributed by atoms with Crippen LogP contribution in [0.5, 0.6) is 0 Å². The zero-order chi connectivity index (χ0) is 44.7. The molecule has 8 aromatic rings. The zero-order valence-corrected chi connectivity index (χ0v) is 38.0. The molecule has 0 bridgehead atoms. The predicted octanol–water partition coefficient (Wildman–Crippen LogP) is 16.2. The minimum Gasteiger partial charge on any atom is -0.261 e. The van der Waals surface area contributed by atoms with Crippen LogP contribution in [0.1, 0.15) is 80.5 Å². The third kappa shape index (κ3) is 10.4. The van der Waals surface area contributed by atoms with Gasteiger partial charge in [-0.3, -0.25) is 9.98 Å². The molecule has 0 spiro atoms. The van der Waals surface area contributed by atoms with Crippen LogP contribution < -0.4 is 0 Å². The normalized spacial score (nSPS) is 11.7. The van der Waals surface area contributed by atoms with E-state index in [0.29, 0.717) is 18.2 Å². The minimum absolute atomic E-state index is 0.487. The molecular formula is C59H58N4. The van der Waals surface area contributed by atoms with E-state index in [1.165, 1.54) is 33.0 Å². The van der Waals surface area contributed by atoms with Crippen molar-refractivity contribution in [2.24, 2.45) is 15.0 Å². The number of hydrogen-bond acceptors (Lipinski definition) is 2. The Morgan fingerprint density at radius 3 is 1.75 bits per heavy atom. The third-order valence-electron chi connectivity index (χ3n) is 10.9. The van der Waals surface area contributed by atoms with Crippen LogP contribution in [0.4, 0.5) is 0 Å². The highest BCUT2D eigenvalue weighted by Crippen LogP contribution is 2.37. The molecule has 314 valence electrons. The van der Waals surface area contributed by atoms with Crippen LogP contribution in [0.3, 0.4) is 0 Å². The molecule has 1 heterocycles. The van der Waals surface area contributed by atoms with Crippen LogP contribution in [0.2, 0.25) is 0 Å². The van der Waals surface area contributed by atoms with Crippen LogP contribution in [0.25, 0.3) is 67.2 Å². The summed E-state index contributed by atoms with van der Waals surface area (Å²) in [6, 6.07) is 53.0. The summed E-state index contributed by atoms with van der Waals surface area (Å²) in [6.45, 7) is 21.1. The van der Waals surface area contributed by atoms with Gasteiger partial charge in [-0.05, 0) is 149 Å². The topological polar surface area (TPSA) is 50.0 Å². The highest BCUT2D eigenvalue weighted by Gasteiger charge is 2.16. The third-order valence-corrected chi connectivity index (χ3v) is 10.9.